The van der Waals surface area contributed by atoms with E-state index < -0.39 is 0 Å². The summed E-state index contributed by atoms with van der Waals surface area (Å²) in [5, 5.41) is 0. The van der Waals surface area contributed by atoms with Gasteiger partial charge in [0.15, 0.2) is 0 Å². The molecule has 0 aliphatic carbocycles. The predicted octanol–water partition coefficient (Wildman–Crippen LogP) is 1.88. The summed E-state index contributed by atoms with van der Waals surface area (Å²) >= 11 is 0. The van der Waals surface area contributed by atoms with E-state index in [1.165, 1.54) is 0 Å². The summed E-state index contributed by atoms with van der Waals surface area (Å²) in [6.07, 6.45) is 8.18. The topological polar surface area (TPSA) is 30.2 Å². The maximum atomic E-state index is 9.86. The molecule has 2 heteroatoms. The van der Waals surface area contributed by atoms with Crippen LogP contribution in [0.5, 0.6) is 0 Å². The number of aldehydes is 1. The van der Waals surface area contributed by atoms with Gasteiger partial charge in [-0.3, -0.25) is 0 Å². The van der Waals surface area contributed by atoms with E-state index in [0.29, 0.717) is 6.42 Å². The minimum absolute atomic E-state index is 0.463. The molecule has 0 aliphatic heterocycles. The first-order valence-electron chi connectivity index (χ1n) is 3.06. The molecule has 1 heterocycles. The lowest BCUT2D eigenvalue weighted by Crippen LogP contribution is -1.65. The van der Waals surface area contributed by atoms with Gasteiger partial charge in [0, 0.05) is 12.0 Å². The number of furan rings is 1. The van der Waals surface area contributed by atoms with Crippen LogP contribution in [0.1, 0.15) is 12.0 Å². The second kappa shape index (κ2) is 3.67. The molecule has 10 heavy (non-hydrogen) atoms. The van der Waals surface area contributed by atoms with Crippen molar-refractivity contribution in [1.82, 2.24) is 0 Å². The van der Waals surface area contributed by atoms with Crippen LogP contribution in [0.25, 0.3) is 6.08 Å². The van der Waals surface area contributed by atoms with Gasteiger partial charge in [0.25, 0.3) is 0 Å². The summed E-state index contributed by atoms with van der Waals surface area (Å²) in [5.74, 6) is 0. The molecule has 0 fully saturated rings. The van der Waals surface area contributed by atoms with Gasteiger partial charge >= 0.3 is 0 Å². The summed E-state index contributed by atoms with van der Waals surface area (Å²) in [5.41, 5.74) is 0.988. The Hall–Kier alpha value is -1.31. The Kier molecular flexibility index (Phi) is 2.49. The number of allylic oxidation sites excluding steroid dienone is 1. The summed E-state index contributed by atoms with van der Waals surface area (Å²) in [4.78, 5) is 9.86. The van der Waals surface area contributed by atoms with E-state index >= 15 is 0 Å². The van der Waals surface area contributed by atoms with Crippen molar-refractivity contribution in [2.75, 3.05) is 0 Å². The lowest BCUT2D eigenvalue weighted by molar-refractivity contribution is -0.107. The zero-order chi connectivity index (χ0) is 7.23. The average molecular weight is 136 g/mol. The fourth-order valence-corrected chi connectivity index (χ4v) is 0.630. The number of hydrogen-bond acceptors (Lipinski definition) is 2. The normalized spacial score (nSPS) is 10.4. The second-order valence-electron chi connectivity index (χ2n) is 1.86. The quantitative estimate of drug-likeness (QED) is 0.594. The molecule has 0 N–H and O–H groups in total. The lowest BCUT2D eigenvalue weighted by atomic mass is 10.3. The summed E-state index contributed by atoms with van der Waals surface area (Å²) in [6, 6.07) is 1.83. The van der Waals surface area contributed by atoms with Crippen molar-refractivity contribution in [1.29, 1.82) is 0 Å². The van der Waals surface area contributed by atoms with E-state index in [1.807, 2.05) is 12.1 Å². The van der Waals surface area contributed by atoms with Crippen molar-refractivity contribution in [3.8, 4) is 0 Å². The third kappa shape index (κ3) is 1.90. The molecular weight excluding hydrogens is 128 g/mol. The molecule has 1 aromatic rings. The van der Waals surface area contributed by atoms with E-state index in [9.17, 15) is 4.79 Å². The van der Waals surface area contributed by atoms with E-state index in [2.05, 4.69) is 0 Å². The first-order chi connectivity index (χ1) is 4.93. The number of carbonyl (C=O) groups is 1. The molecule has 1 aromatic heterocycles. The SMILES string of the molecule is O=CCC=Cc1ccoc1. The Labute approximate surface area is 59.2 Å². The minimum atomic E-state index is 0.463. The van der Waals surface area contributed by atoms with Gasteiger partial charge in [-0.05, 0) is 6.07 Å². The van der Waals surface area contributed by atoms with Gasteiger partial charge in [0.05, 0.1) is 12.5 Å². The largest absolute Gasteiger partial charge is 0.472 e. The van der Waals surface area contributed by atoms with Crippen molar-refractivity contribution >= 4 is 12.4 Å². The number of carbonyl (C=O) groups excluding carboxylic acids is 1. The van der Waals surface area contributed by atoms with Gasteiger partial charge in [0.2, 0.25) is 0 Å². The third-order valence-corrected chi connectivity index (χ3v) is 1.09. The highest BCUT2D eigenvalue weighted by Gasteiger charge is 1.83. The molecule has 0 aliphatic rings. The van der Waals surface area contributed by atoms with Crippen molar-refractivity contribution in [2.45, 2.75) is 6.42 Å². The molecule has 0 unspecified atom stereocenters. The van der Waals surface area contributed by atoms with Crippen LogP contribution >= 0.6 is 0 Å². The van der Waals surface area contributed by atoms with Crippen molar-refractivity contribution < 1.29 is 9.21 Å². The molecule has 52 valence electrons. The van der Waals surface area contributed by atoms with Crippen LogP contribution in [-0.4, -0.2) is 6.29 Å². The highest BCUT2D eigenvalue weighted by atomic mass is 16.3. The molecule has 0 aromatic carbocycles. The molecule has 0 saturated heterocycles. The van der Waals surface area contributed by atoms with Gasteiger partial charge in [-0.1, -0.05) is 12.2 Å². The fraction of sp³-hybridized carbons (Fsp3) is 0.125. The molecule has 0 atom stereocenters. The molecule has 0 spiro atoms. The first kappa shape index (κ1) is 6.81. The Bertz CT molecular complexity index is 209. The van der Waals surface area contributed by atoms with Gasteiger partial charge in [-0.2, -0.15) is 0 Å². The first-order valence-corrected chi connectivity index (χ1v) is 3.06. The van der Waals surface area contributed by atoms with Crippen LogP contribution in [0.15, 0.2) is 29.1 Å². The van der Waals surface area contributed by atoms with E-state index in [1.54, 1.807) is 18.6 Å². The zero-order valence-corrected chi connectivity index (χ0v) is 5.49. The van der Waals surface area contributed by atoms with Crippen LogP contribution in [0.4, 0.5) is 0 Å². The van der Waals surface area contributed by atoms with E-state index in [4.69, 9.17) is 4.42 Å². The van der Waals surface area contributed by atoms with Gasteiger partial charge in [-0.15, -0.1) is 0 Å². The molecule has 1 rings (SSSR count). The van der Waals surface area contributed by atoms with E-state index in [-0.39, 0.29) is 0 Å². The fourth-order valence-electron chi connectivity index (χ4n) is 0.630. The third-order valence-electron chi connectivity index (χ3n) is 1.09. The van der Waals surface area contributed by atoms with Crippen molar-refractivity contribution in [2.24, 2.45) is 0 Å². The smallest absolute Gasteiger partial charge is 0.123 e. The predicted molar refractivity (Wildman–Crippen MR) is 38.4 cm³/mol. The monoisotopic (exact) mass is 136 g/mol. The molecule has 0 bridgehead atoms. The van der Waals surface area contributed by atoms with Crippen molar-refractivity contribution in [3.05, 3.63) is 30.2 Å². The molecule has 0 saturated carbocycles. The van der Waals surface area contributed by atoms with Gasteiger partial charge in [0.1, 0.15) is 6.29 Å². The Morgan fingerprint density at radius 3 is 3.10 bits per heavy atom. The van der Waals surface area contributed by atoms with Crippen LogP contribution in [0.3, 0.4) is 0 Å². The number of hydrogen-bond donors (Lipinski definition) is 0. The molecule has 2 nitrogen and oxygen atoms in total. The average Bonchev–Trinajstić information content (AvgIpc) is 2.41. The lowest BCUT2D eigenvalue weighted by Gasteiger charge is -1.77. The van der Waals surface area contributed by atoms with Crippen LogP contribution in [0, 0.1) is 0 Å². The summed E-state index contributed by atoms with van der Waals surface area (Å²) in [6.45, 7) is 0. The highest BCUT2D eigenvalue weighted by molar-refractivity contribution is 5.57. The standard InChI is InChI=1S/C8H8O2/c9-5-2-1-3-8-4-6-10-7-8/h1,3-7H,2H2. The molecular formula is C8H8O2. The zero-order valence-electron chi connectivity index (χ0n) is 5.49. The second-order valence-corrected chi connectivity index (χ2v) is 1.86. The van der Waals surface area contributed by atoms with Crippen LogP contribution in [-0.2, 0) is 4.79 Å². The Morgan fingerprint density at radius 1 is 1.60 bits per heavy atom. The van der Waals surface area contributed by atoms with Gasteiger partial charge in [-0.25, -0.2) is 0 Å². The van der Waals surface area contributed by atoms with Crippen molar-refractivity contribution in [3.63, 3.8) is 0 Å². The van der Waals surface area contributed by atoms with Crippen LogP contribution in [0.2, 0.25) is 0 Å². The van der Waals surface area contributed by atoms with Gasteiger partial charge < -0.3 is 9.21 Å². The Balaban J connectivity index is 2.47. The van der Waals surface area contributed by atoms with Crippen LogP contribution < -0.4 is 0 Å². The maximum Gasteiger partial charge on any atom is 0.123 e. The molecule has 0 radical (unpaired) electrons. The highest BCUT2D eigenvalue weighted by Crippen LogP contribution is 2.01. The van der Waals surface area contributed by atoms with E-state index in [0.717, 1.165) is 11.8 Å². The minimum Gasteiger partial charge on any atom is -0.472 e. The summed E-state index contributed by atoms with van der Waals surface area (Å²) < 4.78 is 4.81. The maximum absolute atomic E-state index is 9.86. The molecule has 0 amide bonds. The summed E-state index contributed by atoms with van der Waals surface area (Å²) in [7, 11) is 0. The number of rotatable bonds is 3. The Morgan fingerprint density at radius 2 is 2.50 bits per heavy atom.